The molecule has 0 N–H and O–H groups in total. The Morgan fingerprint density at radius 3 is 2.33 bits per heavy atom. The van der Waals surface area contributed by atoms with Crippen LogP contribution in [0.15, 0.2) is 12.1 Å². The summed E-state index contributed by atoms with van der Waals surface area (Å²) in [4.78, 5) is 21.7. The van der Waals surface area contributed by atoms with Crippen LogP contribution in [0.3, 0.4) is 0 Å². The quantitative estimate of drug-likeness (QED) is 0.433. The zero-order valence-electron chi connectivity index (χ0n) is 12.1. The van der Waals surface area contributed by atoms with E-state index in [1.54, 1.807) is 0 Å². The highest BCUT2D eigenvalue weighted by Gasteiger charge is 2.20. The molecule has 1 aromatic rings. The molecule has 0 saturated heterocycles. The molecular weight excluding hydrogens is 282 g/mol. The summed E-state index contributed by atoms with van der Waals surface area (Å²) in [5, 5.41) is 11.0. The minimum absolute atomic E-state index is 0.186. The summed E-state index contributed by atoms with van der Waals surface area (Å²) in [6.45, 7) is 1.78. The van der Waals surface area contributed by atoms with Gasteiger partial charge < -0.3 is 18.9 Å². The van der Waals surface area contributed by atoms with Crippen LogP contribution in [0, 0.1) is 10.1 Å². The molecule has 1 rings (SSSR count). The molecule has 8 nitrogen and oxygen atoms in total. The predicted molar refractivity (Wildman–Crippen MR) is 72.6 cm³/mol. The molecule has 0 aliphatic rings. The molecule has 8 heteroatoms. The van der Waals surface area contributed by atoms with Crippen LogP contribution in [0.2, 0.25) is 0 Å². The summed E-state index contributed by atoms with van der Waals surface area (Å²) in [6.07, 6.45) is -0.216. The van der Waals surface area contributed by atoms with E-state index in [0.717, 1.165) is 0 Å². The average molecular weight is 299 g/mol. The molecule has 0 fully saturated rings. The number of nitro benzene ring substituents is 1. The van der Waals surface area contributed by atoms with Gasteiger partial charge in [-0.2, -0.15) is 0 Å². The van der Waals surface area contributed by atoms with Crippen LogP contribution in [0.4, 0.5) is 10.5 Å². The molecule has 0 aliphatic carbocycles. The molecule has 116 valence electrons. The fraction of sp³-hybridized carbons (Fsp3) is 0.462. The Morgan fingerprint density at radius 1 is 1.19 bits per heavy atom. The van der Waals surface area contributed by atoms with Crippen LogP contribution in [0.1, 0.15) is 18.9 Å². The van der Waals surface area contributed by atoms with Crippen LogP contribution in [0.25, 0.3) is 0 Å². The van der Waals surface area contributed by atoms with E-state index in [9.17, 15) is 14.9 Å². The zero-order valence-corrected chi connectivity index (χ0v) is 12.1. The number of nitrogens with zero attached hydrogens (tertiary/aromatic N) is 1. The molecule has 0 atom stereocenters. The average Bonchev–Trinajstić information content (AvgIpc) is 2.49. The van der Waals surface area contributed by atoms with Crippen LogP contribution in [0.5, 0.6) is 11.5 Å². The van der Waals surface area contributed by atoms with E-state index >= 15 is 0 Å². The lowest BCUT2D eigenvalue weighted by Crippen LogP contribution is -2.09. The standard InChI is InChI=1S/C13H17NO7/c1-4-5-20-13(15)21-8-9-6-11(18-2)12(19-3)7-10(9)14(16)17/h6-7H,4-5,8H2,1-3H3. The summed E-state index contributed by atoms with van der Waals surface area (Å²) in [5.41, 5.74) is -0.0398. The molecule has 0 heterocycles. The van der Waals surface area contributed by atoms with E-state index in [1.807, 2.05) is 6.92 Å². The normalized spacial score (nSPS) is 9.86. The smallest absolute Gasteiger partial charge is 0.493 e. The van der Waals surface area contributed by atoms with Crippen LogP contribution in [-0.4, -0.2) is 31.9 Å². The SMILES string of the molecule is CCCOC(=O)OCc1cc(OC)c(OC)cc1[N+](=O)[O-]. The van der Waals surface area contributed by atoms with E-state index in [1.165, 1.54) is 26.4 Å². The topological polar surface area (TPSA) is 97.1 Å². The van der Waals surface area contributed by atoms with E-state index in [4.69, 9.17) is 18.9 Å². The Hall–Kier alpha value is -2.51. The molecule has 0 bridgehead atoms. The van der Waals surface area contributed by atoms with Gasteiger partial charge in [0.2, 0.25) is 0 Å². The van der Waals surface area contributed by atoms with Crippen molar-refractivity contribution in [2.24, 2.45) is 0 Å². The fourth-order valence-electron chi connectivity index (χ4n) is 1.56. The third-order valence-corrected chi connectivity index (χ3v) is 2.55. The van der Waals surface area contributed by atoms with Gasteiger partial charge in [0.15, 0.2) is 11.5 Å². The number of methoxy groups -OCH3 is 2. The molecular formula is C13H17NO7. The third-order valence-electron chi connectivity index (χ3n) is 2.55. The second kappa shape index (κ2) is 7.93. The lowest BCUT2D eigenvalue weighted by Gasteiger charge is -2.11. The number of benzene rings is 1. The predicted octanol–water partition coefficient (Wildman–Crippen LogP) is 2.68. The lowest BCUT2D eigenvalue weighted by atomic mass is 10.1. The maximum absolute atomic E-state index is 11.3. The van der Waals surface area contributed by atoms with E-state index in [-0.39, 0.29) is 30.2 Å². The monoisotopic (exact) mass is 299 g/mol. The second-order valence-corrected chi connectivity index (χ2v) is 3.98. The maximum Gasteiger partial charge on any atom is 0.508 e. The van der Waals surface area contributed by atoms with Crippen LogP contribution in [-0.2, 0) is 16.1 Å². The van der Waals surface area contributed by atoms with Crippen molar-refractivity contribution in [1.82, 2.24) is 0 Å². The first-order chi connectivity index (χ1) is 10.0. The van der Waals surface area contributed by atoms with Gasteiger partial charge in [0.25, 0.3) is 5.69 Å². The van der Waals surface area contributed by atoms with Gasteiger partial charge in [-0.3, -0.25) is 10.1 Å². The van der Waals surface area contributed by atoms with Gasteiger partial charge in [-0.25, -0.2) is 4.79 Å². The lowest BCUT2D eigenvalue weighted by molar-refractivity contribution is -0.385. The van der Waals surface area contributed by atoms with Crippen molar-refractivity contribution in [3.05, 3.63) is 27.8 Å². The first-order valence-electron chi connectivity index (χ1n) is 6.22. The molecule has 0 amide bonds. The molecule has 0 aromatic heterocycles. The highest BCUT2D eigenvalue weighted by Crippen LogP contribution is 2.34. The van der Waals surface area contributed by atoms with Gasteiger partial charge in [0.1, 0.15) is 6.61 Å². The van der Waals surface area contributed by atoms with Crippen LogP contribution < -0.4 is 9.47 Å². The van der Waals surface area contributed by atoms with Crippen molar-refractivity contribution in [1.29, 1.82) is 0 Å². The number of hydrogen-bond acceptors (Lipinski definition) is 7. The molecule has 1 aromatic carbocycles. The van der Waals surface area contributed by atoms with E-state index in [0.29, 0.717) is 12.2 Å². The first-order valence-corrected chi connectivity index (χ1v) is 6.22. The molecule has 0 unspecified atom stereocenters. The summed E-state index contributed by atoms with van der Waals surface area (Å²) in [6, 6.07) is 2.61. The maximum atomic E-state index is 11.3. The van der Waals surface area contributed by atoms with E-state index in [2.05, 4.69) is 0 Å². The van der Waals surface area contributed by atoms with Gasteiger partial charge in [-0.05, 0) is 12.5 Å². The summed E-state index contributed by atoms with van der Waals surface area (Å²) in [5.74, 6) is 0.533. The van der Waals surface area contributed by atoms with Gasteiger partial charge in [0, 0.05) is 0 Å². The Morgan fingerprint density at radius 2 is 1.81 bits per heavy atom. The summed E-state index contributed by atoms with van der Waals surface area (Å²) < 4.78 is 19.6. The molecule has 21 heavy (non-hydrogen) atoms. The Bertz CT molecular complexity index is 515. The molecule has 0 saturated carbocycles. The number of nitro groups is 1. The third kappa shape index (κ3) is 4.51. The van der Waals surface area contributed by atoms with E-state index < -0.39 is 11.1 Å². The minimum Gasteiger partial charge on any atom is -0.493 e. The Kier molecular flexibility index (Phi) is 6.25. The highest BCUT2D eigenvalue weighted by molar-refractivity contribution is 5.60. The van der Waals surface area contributed by atoms with Crippen LogP contribution >= 0.6 is 0 Å². The van der Waals surface area contributed by atoms with Crippen molar-refractivity contribution in [2.75, 3.05) is 20.8 Å². The Labute approximate surface area is 121 Å². The van der Waals surface area contributed by atoms with Gasteiger partial charge in [-0.15, -0.1) is 0 Å². The zero-order chi connectivity index (χ0) is 15.8. The number of carbonyl (C=O) groups excluding carboxylic acids is 1. The Balaban J connectivity index is 2.93. The summed E-state index contributed by atoms with van der Waals surface area (Å²) >= 11 is 0. The number of hydrogen-bond donors (Lipinski definition) is 0. The largest absolute Gasteiger partial charge is 0.508 e. The highest BCUT2D eigenvalue weighted by atomic mass is 16.7. The molecule has 0 spiro atoms. The number of ether oxygens (including phenoxy) is 4. The van der Waals surface area contributed by atoms with Gasteiger partial charge in [0.05, 0.1) is 37.4 Å². The first kappa shape index (κ1) is 16.5. The molecule has 0 aliphatic heterocycles. The summed E-state index contributed by atoms with van der Waals surface area (Å²) in [7, 11) is 2.78. The van der Waals surface area contributed by atoms with Crippen molar-refractivity contribution in [3.8, 4) is 11.5 Å². The van der Waals surface area contributed by atoms with Crippen molar-refractivity contribution in [3.63, 3.8) is 0 Å². The molecule has 0 radical (unpaired) electrons. The van der Waals surface area contributed by atoms with Crippen molar-refractivity contribution < 1.29 is 28.7 Å². The van der Waals surface area contributed by atoms with Gasteiger partial charge >= 0.3 is 6.16 Å². The minimum atomic E-state index is -0.874. The number of rotatable bonds is 7. The second-order valence-electron chi connectivity index (χ2n) is 3.98. The fourth-order valence-corrected chi connectivity index (χ4v) is 1.56. The van der Waals surface area contributed by atoms with Crippen molar-refractivity contribution in [2.45, 2.75) is 20.0 Å². The van der Waals surface area contributed by atoms with Gasteiger partial charge in [-0.1, -0.05) is 6.92 Å². The van der Waals surface area contributed by atoms with Crippen molar-refractivity contribution >= 4 is 11.8 Å². The number of carbonyl (C=O) groups is 1.